The van der Waals surface area contributed by atoms with Gasteiger partial charge in [0.2, 0.25) is 0 Å². The maximum Gasteiger partial charge on any atom is 0.336 e. The lowest BCUT2D eigenvalue weighted by molar-refractivity contribution is -0.136. The van der Waals surface area contributed by atoms with E-state index in [1.54, 1.807) is 24.3 Å². The number of nitrogens with zero attached hydrogens (tertiary/aromatic N) is 1. The number of hydrogen-bond donors (Lipinski definition) is 0. The summed E-state index contributed by atoms with van der Waals surface area (Å²) in [5, 5.41) is 0.804. The molecule has 1 amide bonds. The lowest BCUT2D eigenvalue weighted by Crippen LogP contribution is -2.40. The van der Waals surface area contributed by atoms with Crippen LogP contribution in [0.3, 0.4) is 0 Å². The molecule has 0 N–H and O–H groups in total. The molecule has 0 aliphatic carbocycles. The molecule has 0 saturated heterocycles. The van der Waals surface area contributed by atoms with Crippen LogP contribution >= 0.6 is 0 Å². The van der Waals surface area contributed by atoms with E-state index in [9.17, 15) is 9.59 Å². The molecule has 0 fully saturated rings. The predicted octanol–water partition coefficient (Wildman–Crippen LogP) is 4.00. The van der Waals surface area contributed by atoms with Crippen molar-refractivity contribution in [2.45, 2.75) is 32.9 Å². The second-order valence-electron chi connectivity index (χ2n) is 6.51. The fraction of sp³-hybridized carbons (Fsp3) is 0.273. The average molecular weight is 365 g/mol. The van der Waals surface area contributed by atoms with Gasteiger partial charge in [-0.25, -0.2) is 4.79 Å². The van der Waals surface area contributed by atoms with Crippen LogP contribution in [0, 0.1) is 0 Å². The largest absolute Gasteiger partial charge is 0.484 e. The van der Waals surface area contributed by atoms with Crippen LogP contribution in [0.25, 0.3) is 11.0 Å². The van der Waals surface area contributed by atoms with Gasteiger partial charge in [0.05, 0.1) is 0 Å². The summed E-state index contributed by atoms with van der Waals surface area (Å²) in [7, 11) is 0. The molecule has 0 spiro atoms. The van der Waals surface area contributed by atoms with E-state index >= 15 is 0 Å². The highest BCUT2D eigenvalue weighted by Gasteiger charge is 2.20. The first-order valence-corrected chi connectivity index (χ1v) is 9.07. The highest BCUT2D eigenvalue weighted by Crippen LogP contribution is 2.20. The quantitative estimate of drug-likeness (QED) is 0.594. The second-order valence-corrected chi connectivity index (χ2v) is 6.51. The average Bonchev–Trinajstić information content (AvgIpc) is 2.70. The van der Waals surface area contributed by atoms with Gasteiger partial charge in [-0.1, -0.05) is 37.3 Å². The lowest BCUT2D eigenvalue weighted by Gasteiger charge is -2.28. The maximum atomic E-state index is 12.8. The number of carbonyl (C=O) groups is 1. The minimum Gasteiger partial charge on any atom is -0.484 e. The Labute approximate surface area is 158 Å². The number of amides is 1. The Kier molecular flexibility index (Phi) is 5.91. The van der Waals surface area contributed by atoms with Crippen LogP contribution in [0.4, 0.5) is 0 Å². The van der Waals surface area contributed by atoms with Crippen LogP contribution in [-0.4, -0.2) is 23.5 Å². The van der Waals surface area contributed by atoms with Crippen LogP contribution in [0.2, 0.25) is 0 Å². The van der Waals surface area contributed by atoms with Crippen molar-refractivity contribution in [3.8, 4) is 5.75 Å². The third-order valence-corrected chi connectivity index (χ3v) is 4.60. The molecule has 27 heavy (non-hydrogen) atoms. The van der Waals surface area contributed by atoms with Crippen LogP contribution in [-0.2, 0) is 11.3 Å². The molecule has 1 unspecified atom stereocenters. The summed E-state index contributed by atoms with van der Waals surface area (Å²) >= 11 is 0. The van der Waals surface area contributed by atoms with E-state index in [1.807, 2.05) is 42.2 Å². The van der Waals surface area contributed by atoms with E-state index in [-0.39, 0.29) is 18.6 Å². The van der Waals surface area contributed by atoms with Crippen LogP contribution < -0.4 is 10.4 Å². The van der Waals surface area contributed by atoms with Crippen LogP contribution in [0.1, 0.15) is 25.8 Å². The van der Waals surface area contributed by atoms with Crippen molar-refractivity contribution in [2.24, 2.45) is 0 Å². The van der Waals surface area contributed by atoms with Crippen LogP contribution in [0.15, 0.2) is 69.9 Å². The van der Waals surface area contributed by atoms with Gasteiger partial charge in [-0.15, -0.1) is 0 Å². The van der Waals surface area contributed by atoms with Crippen molar-refractivity contribution < 1.29 is 13.9 Å². The highest BCUT2D eigenvalue weighted by atomic mass is 16.5. The van der Waals surface area contributed by atoms with E-state index < -0.39 is 5.63 Å². The molecule has 2 aromatic carbocycles. The summed E-state index contributed by atoms with van der Waals surface area (Å²) in [5.41, 5.74) is 1.11. The topological polar surface area (TPSA) is 59.8 Å². The standard InChI is InChI=1S/C22H23NO4/c1-3-16(2)23(14-17-7-5-4-6-8-17)21(24)15-26-19-11-9-18-10-12-22(25)27-20(18)13-19/h4-13,16H,3,14-15H2,1-2H3. The van der Waals surface area contributed by atoms with Gasteiger partial charge in [0.1, 0.15) is 11.3 Å². The third-order valence-electron chi connectivity index (χ3n) is 4.60. The summed E-state index contributed by atoms with van der Waals surface area (Å²) in [6.45, 7) is 4.57. The van der Waals surface area contributed by atoms with Crippen molar-refractivity contribution in [3.05, 3.63) is 76.6 Å². The summed E-state index contributed by atoms with van der Waals surface area (Å²) < 4.78 is 10.8. The molecule has 1 atom stereocenters. The zero-order valence-corrected chi connectivity index (χ0v) is 15.6. The smallest absolute Gasteiger partial charge is 0.336 e. The fourth-order valence-corrected chi connectivity index (χ4v) is 2.85. The number of ether oxygens (including phenoxy) is 1. The highest BCUT2D eigenvalue weighted by molar-refractivity contribution is 5.79. The Morgan fingerprint density at radius 2 is 1.85 bits per heavy atom. The van der Waals surface area contributed by atoms with Gasteiger partial charge in [0, 0.05) is 30.1 Å². The van der Waals surface area contributed by atoms with Crippen molar-refractivity contribution in [1.29, 1.82) is 0 Å². The molecule has 0 bridgehead atoms. The first kappa shape index (κ1) is 18.7. The molecule has 1 heterocycles. The molecule has 3 rings (SSSR count). The Balaban J connectivity index is 1.70. The van der Waals surface area contributed by atoms with Gasteiger partial charge >= 0.3 is 5.63 Å². The van der Waals surface area contributed by atoms with Crippen molar-refractivity contribution in [3.63, 3.8) is 0 Å². The van der Waals surface area contributed by atoms with Gasteiger partial charge in [-0.2, -0.15) is 0 Å². The normalized spacial score (nSPS) is 11.9. The van der Waals surface area contributed by atoms with E-state index in [4.69, 9.17) is 9.15 Å². The zero-order chi connectivity index (χ0) is 19.2. The predicted molar refractivity (Wildman–Crippen MR) is 105 cm³/mol. The summed E-state index contributed by atoms with van der Waals surface area (Å²) in [5.74, 6) is 0.414. The van der Waals surface area contributed by atoms with E-state index in [0.717, 1.165) is 17.4 Å². The number of fused-ring (bicyclic) bond motifs is 1. The molecule has 140 valence electrons. The van der Waals surface area contributed by atoms with Crippen molar-refractivity contribution in [2.75, 3.05) is 6.61 Å². The first-order chi connectivity index (χ1) is 13.1. The molecule has 5 nitrogen and oxygen atoms in total. The Bertz CT molecular complexity index is 965. The van der Waals surface area contributed by atoms with Gasteiger partial charge in [-0.3, -0.25) is 4.79 Å². The molecule has 0 aliphatic heterocycles. The van der Waals surface area contributed by atoms with E-state index in [2.05, 4.69) is 6.92 Å². The first-order valence-electron chi connectivity index (χ1n) is 9.07. The molecular formula is C22H23NO4. The zero-order valence-electron chi connectivity index (χ0n) is 15.6. The molecule has 0 aliphatic rings. The molecule has 5 heteroatoms. The minimum absolute atomic E-state index is 0.0697. The van der Waals surface area contributed by atoms with Crippen molar-refractivity contribution >= 4 is 16.9 Å². The molecule has 0 radical (unpaired) electrons. The SMILES string of the molecule is CCC(C)N(Cc1ccccc1)C(=O)COc1ccc2ccc(=O)oc2c1. The molecule has 0 saturated carbocycles. The fourth-order valence-electron chi connectivity index (χ4n) is 2.85. The second kappa shape index (κ2) is 8.54. The summed E-state index contributed by atoms with van der Waals surface area (Å²) in [4.78, 5) is 26.0. The number of rotatable bonds is 7. The van der Waals surface area contributed by atoms with Crippen molar-refractivity contribution in [1.82, 2.24) is 4.90 Å². The minimum atomic E-state index is -0.415. The molecule has 1 aromatic heterocycles. The number of hydrogen-bond acceptors (Lipinski definition) is 4. The van der Waals surface area contributed by atoms with Gasteiger partial charge in [0.25, 0.3) is 5.91 Å². The molecular weight excluding hydrogens is 342 g/mol. The number of carbonyl (C=O) groups excluding carboxylic acids is 1. The van der Waals surface area contributed by atoms with Gasteiger partial charge < -0.3 is 14.1 Å². The maximum absolute atomic E-state index is 12.8. The summed E-state index contributed by atoms with van der Waals surface area (Å²) in [6.07, 6.45) is 0.861. The number of benzene rings is 2. The summed E-state index contributed by atoms with van der Waals surface area (Å²) in [6, 6.07) is 18.3. The Hall–Kier alpha value is -3.08. The van der Waals surface area contributed by atoms with Gasteiger partial charge in [-0.05, 0) is 37.1 Å². The Morgan fingerprint density at radius 3 is 2.59 bits per heavy atom. The lowest BCUT2D eigenvalue weighted by atomic mass is 10.1. The Morgan fingerprint density at radius 1 is 1.11 bits per heavy atom. The van der Waals surface area contributed by atoms with Crippen LogP contribution in [0.5, 0.6) is 5.75 Å². The third kappa shape index (κ3) is 4.76. The van der Waals surface area contributed by atoms with E-state index in [1.165, 1.54) is 6.07 Å². The van der Waals surface area contributed by atoms with E-state index in [0.29, 0.717) is 17.9 Å². The monoisotopic (exact) mass is 365 g/mol. The van der Waals surface area contributed by atoms with Gasteiger partial charge in [0.15, 0.2) is 6.61 Å². The molecule has 3 aromatic rings.